The molecule has 0 aromatic rings. The van der Waals surface area contributed by atoms with Gasteiger partial charge in [-0.05, 0) is 57.4 Å². The first-order chi connectivity index (χ1) is 6.65. The molecule has 2 aliphatic rings. The fraction of sp³-hybridized carbons (Fsp3) is 1.00. The Hall–Kier alpha value is -0.0800. The van der Waals surface area contributed by atoms with Crippen LogP contribution in [0.25, 0.3) is 0 Å². The van der Waals surface area contributed by atoms with Crippen molar-refractivity contribution in [2.75, 3.05) is 19.7 Å². The molecule has 1 saturated heterocycles. The van der Waals surface area contributed by atoms with Crippen molar-refractivity contribution in [1.82, 2.24) is 4.90 Å². The Morgan fingerprint density at radius 2 is 2.21 bits per heavy atom. The predicted octanol–water partition coefficient (Wildman–Crippen LogP) is 1.88. The number of aliphatic hydroxyl groups excluding tert-OH is 1. The molecule has 1 N–H and O–H groups in total. The van der Waals surface area contributed by atoms with E-state index in [0.717, 1.165) is 0 Å². The molecule has 2 nitrogen and oxygen atoms in total. The van der Waals surface area contributed by atoms with Crippen LogP contribution in [0.1, 0.15) is 39.5 Å². The summed E-state index contributed by atoms with van der Waals surface area (Å²) in [5.74, 6) is 0.599. The molecule has 2 fully saturated rings. The highest BCUT2D eigenvalue weighted by molar-refractivity contribution is 4.96. The Morgan fingerprint density at radius 1 is 1.43 bits per heavy atom. The van der Waals surface area contributed by atoms with Crippen LogP contribution in [-0.4, -0.2) is 35.7 Å². The number of hydrogen-bond donors (Lipinski definition) is 1. The monoisotopic (exact) mass is 197 g/mol. The van der Waals surface area contributed by atoms with Crippen LogP contribution in [0.5, 0.6) is 0 Å². The first-order valence-electron chi connectivity index (χ1n) is 6.00. The van der Waals surface area contributed by atoms with E-state index in [4.69, 9.17) is 0 Å². The molecule has 0 unspecified atom stereocenters. The van der Waals surface area contributed by atoms with E-state index in [1.54, 1.807) is 0 Å². The van der Waals surface area contributed by atoms with Crippen LogP contribution in [0.2, 0.25) is 0 Å². The maximum atomic E-state index is 9.17. The lowest BCUT2D eigenvalue weighted by Gasteiger charge is -2.26. The van der Waals surface area contributed by atoms with Gasteiger partial charge in [0.2, 0.25) is 0 Å². The number of aliphatic hydroxyl groups is 1. The quantitative estimate of drug-likeness (QED) is 0.730. The highest BCUT2D eigenvalue weighted by Crippen LogP contribution is 2.48. The topological polar surface area (TPSA) is 23.5 Å². The molecule has 0 radical (unpaired) electrons. The Kier molecular flexibility index (Phi) is 2.85. The Balaban J connectivity index is 1.94. The lowest BCUT2D eigenvalue weighted by molar-refractivity contribution is 0.195. The first-order valence-corrected chi connectivity index (χ1v) is 6.00. The summed E-state index contributed by atoms with van der Waals surface area (Å²) in [6.07, 6.45) is 5.23. The molecule has 0 amide bonds. The highest BCUT2D eigenvalue weighted by Gasteiger charge is 2.43. The molecule has 1 saturated carbocycles. The normalized spacial score (nSPS) is 39.0. The minimum absolute atomic E-state index is 0.406. The van der Waals surface area contributed by atoms with E-state index in [0.29, 0.717) is 24.0 Å². The summed E-state index contributed by atoms with van der Waals surface area (Å²) in [4.78, 5) is 2.60. The highest BCUT2D eigenvalue weighted by atomic mass is 16.3. The molecule has 0 bridgehead atoms. The summed E-state index contributed by atoms with van der Waals surface area (Å²) in [5.41, 5.74) is 0.581. The Bertz CT molecular complexity index is 204. The summed E-state index contributed by atoms with van der Waals surface area (Å²) < 4.78 is 0. The van der Waals surface area contributed by atoms with Crippen LogP contribution < -0.4 is 0 Å². The maximum Gasteiger partial charge on any atom is 0.0459 e. The van der Waals surface area contributed by atoms with Crippen molar-refractivity contribution in [1.29, 1.82) is 0 Å². The number of hydrogen-bond acceptors (Lipinski definition) is 2. The number of rotatable bonds is 2. The lowest BCUT2D eigenvalue weighted by atomic mass is 9.84. The molecule has 1 aliphatic heterocycles. The van der Waals surface area contributed by atoms with Gasteiger partial charge < -0.3 is 10.0 Å². The third-order valence-electron chi connectivity index (χ3n) is 4.26. The average Bonchev–Trinajstić information content (AvgIpc) is 2.74. The zero-order valence-corrected chi connectivity index (χ0v) is 9.50. The van der Waals surface area contributed by atoms with Gasteiger partial charge in [-0.25, -0.2) is 0 Å². The van der Waals surface area contributed by atoms with Gasteiger partial charge in [0.15, 0.2) is 0 Å². The van der Waals surface area contributed by atoms with E-state index in [9.17, 15) is 5.11 Å². The number of likely N-dealkylation sites (tertiary alicyclic amines) is 1. The van der Waals surface area contributed by atoms with Crippen molar-refractivity contribution in [3.8, 4) is 0 Å². The largest absolute Gasteiger partial charge is 0.396 e. The molecular weight excluding hydrogens is 174 g/mol. The van der Waals surface area contributed by atoms with Crippen molar-refractivity contribution in [3.63, 3.8) is 0 Å². The Labute approximate surface area is 87.3 Å². The number of nitrogens with zero attached hydrogens (tertiary/aromatic N) is 1. The van der Waals surface area contributed by atoms with Gasteiger partial charge in [-0.2, -0.15) is 0 Å². The van der Waals surface area contributed by atoms with Gasteiger partial charge in [0.25, 0.3) is 0 Å². The van der Waals surface area contributed by atoms with Crippen LogP contribution in [0.3, 0.4) is 0 Å². The first kappa shape index (κ1) is 10.4. The summed E-state index contributed by atoms with van der Waals surface area (Å²) >= 11 is 0. The molecule has 1 aliphatic carbocycles. The van der Waals surface area contributed by atoms with E-state index in [-0.39, 0.29) is 0 Å². The van der Waals surface area contributed by atoms with Crippen LogP contribution >= 0.6 is 0 Å². The standard InChI is InChI=1S/C12H23NO/c1-10(2)13-6-5-12(9-13)4-3-11(7-12)8-14/h10-11,14H,3-9H2,1-2H3/t11-,12+/m1/s1. The van der Waals surface area contributed by atoms with Crippen LogP contribution in [0.15, 0.2) is 0 Å². The summed E-state index contributed by atoms with van der Waals surface area (Å²) in [5, 5.41) is 9.17. The van der Waals surface area contributed by atoms with E-state index in [2.05, 4.69) is 18.7 Å². The van der Waals surface area contributed by atoms with Gasteiger partial charge >= 0.3 is 0 Å². The molecule has 2 atom stereocenters. The molecule has 82 valence electrons. The van der Waals surface area contributed by atoms with Gasteiger partial charge in [0.1, 0.15) is 0 Å². The smallest absolute Gasteiger partial charge is 0.0459 e. The van der Waals surface area contributed by atoms with Crippen molar-refractivity contribution in [3.05, 3.63) is 0 Å². The maximum absolute atomic E-state index is 9.17. The van der Waals surface area contributed by atoms with Gasteiger partial charge in [0.05, 0.1) is 0 Å². The molecule has 0 aromatic heterocycles. The van der Waals surface area contributed by atoms with E-state index < -0.39 is 0 Å². The summed E-state index contributed by atoms with van der Waals surface area (Å²) in [6.45, 7) is 7.54. The summed E-state index contributed by atoms with van der Waals surface area (Å²) in [6, 6.07) is 0.697. The molecule has 1 heterocycles. The fourth-order valence-electron chi connectivity index (χ4n) is 3.26. The van der Waals surface area contributed by atoms with Gasteiger partial charge in [-0.1, -0.05) is 0 Å². The second kappa shape index (κ2) is 3.82. The van der Waals surface area contributed by atoms with Gasteiger partial charge in [-0.3, -0.25) is 0 Å². The molecular formula is C12H23NO. The molecule has 0 aromatic carbocycles. The molecule has 2 heteroatoms. The predicted molar refractivity (Wildman–Crippen MR) is 58.2 cm³/mol. The SMILES string of the molecule is CC(C)N1CC[C@]2(CC[C@@H](CO)C2)C1. The van der Waals surface area contributed by atoms with E-state index in [1.807, 2.05) is 0 Å². The molecule has 14 heavy (non-hydrogen) atoms. The lowest BCUT2D eigenvalue weighted by Crippen LogP contribution is -2.31. The van der Waals surface area contributed by atoms with Crippen LogP contribution in [-0.2, 0) is 0 Å². The second-order valence-electron chi connectivity index (χ2n) is 5.61. The van der Waals surface area contributed by atoms with Crippen LogP contribution in [0, 0.1) is 11.3 Å². The fourth-order valence-corrected chi connectivity index (χ4v) is 3.26. The third kappa shape index (κ3) is 1.82. The Morgan fingerprint density at radius 3 is 2.71 bits per heavy atom. The van der Waals surface area contributed by atoms with Crippen molar-refractivity contribution < 1.29 is 5.11 Å². The average molecular weight is 197 g/mol. The van der Waals surface area contributed by atoms with Crippen molar-refractivity contribution in [2.45, 2.75) is 45.6 Å². The summed E-state index contributed by atoms with van der Waals surface area (Å²) in [7, 11) is 0. The van der Waals surface area contributed by atoms with E-state index >= 15 is 0 Å². The van der Waals surface area contributed by atoms with Crippen LogP contribution in [0.4, 0.5) is 0 Å². The molecule has 2 rings (SSSR count). The van der Waals surface area contributed by atoms with E-state index in [1.165, 1.54) is 38.8 Å². The van der Waals surface area contributed by atoms with Crippen molar-refractivity contribution in [2.24, 2.45) is 11.3 Å². The van der Waals surface area contributed by atoms with Gasteiger partial charge in [-0.15, -0.1) is 0 Å². The minimum Gasteiger partial charge on any atom is -0.396 e. The minimum atomic E-state index is 0.406. The zero-order valence-electron chi connectivity index (χ0n) is 9.50. The van der Waals surface area contributed by atoms with Gasteiger partial charge in [0, 0.05) is 19.2 Å². The molecule has 1 spiro atoms. The third-order valence-corrected chi connectivity index (χ3v) is 4.26. The van der Waals surface area contributed by atoms with Crippen molar-refractivity contribution >= 4 is 0 Å². The second-order valence-corrected chi connectivity index (χ2v) is 5.61. The zero-order chi connectivity index (χ0) is 10.2.